The minimum atomic E-state index is -0.265. The van der Waals surface area contributed by atoms with Gasteiger partial charge in [0, 0.05) is 16.1 Å². The highest BCUT2D eigenvalue weighted by Gasteiger charge is 2.33. The van der Waals surface area contributed by atoms with Gasteiger partial charge in [0.05, 0.1) is 20.1 Å². The number of benzene rings is 2. The molecular weight excluding hydrogens is 360 g/mol. The van der Waals surface area contributed by atoms with Crippen LogP contribution in [-0.4, -0.2) is 17.5 Å². The van der Waals surface area contributed by atoms with Gasteiger partial charge in [-0.2, -0.15) is 0 Å². The van der Waals surface area contributed by atoms with Crippen LogP contribution in [0.2, 0.25) is 5.02 Å². The third-order valence-electron chi connectivity index (χ3n) is 5.26. The number of rotatable bonds is 5. The predicted molar refractivity (Wildman–Crippen MR) is 105 cm³/mol. The van der Waals surface area contributed by atoms with Crippen molar-refractivity contribution in [3.8, 4) is 17.0 Å². The van der Waals surface area contributed by atoms with Crippen LogP contribution >= 0.6 is 11.6 Å². The number of methoxy groups -OCH3 is 1. The second-order valence-corrected chi connectivity index (χ2v) is 7.31. The molecule has 1 aromatic heterocycles. The summed E-state index contributed by atoms with van der Waals surface area (Å²) >= 11 is 6.04. The summed E-state index contributed by atoms with van der Waals surface area (Å²) in [6.45, 7) is 2.95. The summed E-state index contributed by atoms with van der Waals surface area (Å²) in [5.41, 5.74) is 2.95. The van der Waals surface area contributed by atoms with Gasteiger partial charge in [-0.3, -0.25) is 4.79 Å². The molecule has 0 bridgehead atoms. The van der Waals surface area contributed by atoms with Crippen molar-refractivity contribution in [2.75, 3.05) is 7.11 Å². The zero-order valence-corrected chi connectivity index (χ0v) is 16.2. The summed E-state index contributed by atoms with van der Waals surface area (Å²) in [6, 6.07) is 14.9. The number of halogens is 1. The number of fused-ring (bicyclic) bond motifs is 1. The van der Waals surface area contributed by atoms with E-state index in [1.54, 1.807) is 7.11 Å². The van der Waals surface area contributed by atoms with Crippen molar-refractivity contribution in [2.24, 2.45) is 0 Å². The third kappa shape index (κ3) is 3.26. The monoisotopic (exact) mass is 381 g/mol. The van der Waals surface area contributed by atoms with Gasteiger partial charge >= 0.3 is 0 Å². The number of ether oxygens (including phenoxy) is 1. The molecule has 4 nitrogen and oxygen atoms in total. The van der Waals surface area contributed by atoms with Gasteiger partial charge in [0.15, 0.2) is 11.7 Å². The molecule has 0 unspecified atom stereocenters. The highest BCUT2D eigenvalue weighted by molar-refractivity contribution is 6.30. The molecule has 0 fully saturated rings. The molecule has 2 aromatic carbocycles. The van der Waals surface area contributed by atoms with E-state index in [9.17, 15) is 4.79 Å². The number of Topliss-reactive ketones (excluding diaryl/α,β-unsaturated/α-hetero) is 1. The first-order chi connectivity index (χ1) is 13.1. The molecule has 0 amide bonds. The predicted octanol–water partition coefficient (Wildman–Crippen LogP) is 4.49. The minimum absolute atomic E-state index is 0.102. The lowest BCUT2D eigenvalue weighted by molar-refractivity contribution is -0.710. The minimum Gasteiger partial charge on any atom is -0.497 e. The molecule has 5 heteroatoms. The van der Waals surface area contributed by atoms with Crippen LogP contribution in [0.5, 0.6) is 5.75 Å². The van der Waals surface area contributed by atoms with E-state index < -0.39 is 0 Å². The number of ketones is 1. The van der Waals surface area contributed by atoms with Crippen molar-refractivity contribution < 1.29 is 14.1 Å². The van der Waals surface area contributed by atoms with Crippen LogP contribution < -0.4 is 9.30 Å². The summed E-state index contributed by atoms with van der Waals surface area (Å²) in [7, 11) is 1.62. The zero-order valence-electron chi connectivity index (χ0n) is 15.5. The van der Waals surface area contributed by atoms with Crippen molar-refractivity contribution in [3.63, 3.8) is 0 Å². The fourth-order valence-electron chi connectivity index (χ4n) is 3.77. The Balaban J connectivity index is 1.69. The Bertz CT molecular complexity index is 975. The Hall–Kier alpha value is -2.59. The van der Waals surface area contributed by atoms with Crippen LogP contribution in [0.3, 0.4) is 0 Å². The largest absolute Gasteiger partial charge is 0.497 e. The van der Waals surface area contributed by atoms with Crippen molar-refractivity contribution in [3.05, 3.63) is 71.1 Å². The highest BCUT2D eigenvalue weighted by Crippen LogP contribution is 2.27. The van der Waals surface area contributed by atoms with Crippen LogP contribution in [0.15, 0.2) is 54.7 Å². The van der Waals surface area contributed by atoms with Gasteiger partial charge in [-0.1, -0.05) is 11.6 Å². The normalized spacial score (nSPS) is 14.0. The number of imidazole rings is 1. The second-order valence-electron chi connectivity index (χ2n) is 6.87. The molecule has 0 radical (unpaired) electrons. The summed E-state index contributed by atoms with van der Waals surface area (Å²) in [5.74, 6) is 2.06. The van der Waals surface area contributed by atoms with Gasteiger partial charge in [0.1, 0.15) is 11.9 Å². The van der Waals surface area contributed by atoms with Crippen LogP contribution in [0.1, 0.15) is 35.6 Å². The second kappa shape index (κ2) is 7.20. The van der Waals surface area contributed by atoms with E-state index in [4.69, 9.17) is 16.3 Å². The molecule has 1 aliphatic heterocycles. The van der Waals surface area contributed by atoms with Crippen molar-refractivity contribution in [1.82, 2.24) is 4.57 Å². The number of carbonyl (C=O) groups excluding carboxylic acids is 1. The number of carbonyl (C=O) groups is 1. The molecule has 138 valence electrons. The Kier molecular flexibility index (Phi) is 4.75. The molecule has 1 aliphatic rings. The molecule has 4 rings (SSSR count). The van der Waals surface area contributed by atoms with Gasteiger partial charge in [0.2, 0.25) is 5.78 Å². The molecule has 0 saturated carbocycles. The maximum atomic E-state index is 13.0. The molecular formula is C22H22ClN2O2+. The summed E-state index contributed by atoms with van der Waals surface area (Å²) in [5, 5.41) is 0.725. The van der Waals surface area contributed by atoms with E-state index in [-0.39, 0.29) is 11.8 Å². The Morgan fingerprint density at radius 2 is 1.85 bits per heavy atom. The maximum absolute atomic E-state index is 13.0. The molecule has 0 saturated heterocycles. The number of hydrogen-bond donors (Lipinski definition) is 0. The first-order valence-corrected chi connectivity index (χ1v) is 9.54. The van der Waals surface area contributed by atoms with E-state index in [1.807, 2.05) is 55.5 Å². The number of aromatic nitrogens is 2. The fourth-order valence-corrected chi connectivity index (χ4v) is 3.90. The van der Waals surface area contributed by atoms with Gasteiger partial charge in [-0.25, -0.2) is 9.13 Å². The lowest BCUT2D eigenvalue weighted by Crippen LogP contribution is -2.44. The first kappa shape index (κ1) is 17.8. The van der Waals surface area contributed by atoms with E-state index in [1.165, 1.54) is 5.82 Å². The lowest BCUT2D eigenvalue weighted by atomic mass is 10.0. The first-order valence-electron chi connectivity index (χ1n) is 9.16. The average molecular weight is 382 g/mol. The topological polar surface area (TPSA) is 35.1 Å². The lowest BCUT2D eigenvalue weighted by Gasteiger charge is -2.09. The highest BCUT2D eigenvalue weighted by atomic mass is 35.5. The van der Waals surface area contributed by atoms with Gasteiger partial charge in [-0.15, -0.1) is 0 Å². The molecule has 0 aliphatic carbocycles. The van der Waals surface area contributed by atoms with Crippen LogP contribution in [0.4, 0.5) is 0 Å². The van der Waals surface area contributed by atoms with Crippen LogP contribution in [0.25, 0.3) is 11.3 Å². The van der Waals surface area contributed by atoms with E-state index in [0.717, 1.165) is 41.4 Å². The molecule has 2 heterocycles. The van der Waals surface area contributed by atoms with E-state index in [0.29, 0.717) is 5.56 Å². The Morgan fingerprint density at radius 3 is 2.52 bits per heavy atom. The van der Waals surface area contributed by atoms with E-state index >= 15 is 0 Å². The van der Waals surface area contributed by atoms with Gasteiger partial charge < -0.3 is 4.74 Å². The summed E-state index contributed by atoms with van der Waals surface area (Å²) in [4.78, 5) is 13.0. The molecule has 27 heavy (non-hydrogen) atoms. The average Bonchev–Trinajstić information content (AvgIpc) is 3.30. The number of hydrogen-bond acceptors (Lipinski definition) is 2. The third-order valence-corrected chi connectivity index (χ3v) is 5.51. The molecule has 0 spiro atoms. The Morgan fingerprint density at radius 1 is 1.15 bits per heavy atom. The number of nitrogens with zero attached hydrogens (tertiary/aromatic N) is 2. The van der Waals surface area contributed by atoms with Crippen LogP contribution in [0, 0.1) is 0 Å². The summed E-state index contributed by atoms with van der Waals surface area (Å²) in [6.07, 6.45) is 4.18. The molecule has 1 atom stereocenters. The Labute approximate surface area is 164 Å². The van der Waals surface area contributed by atoms with Crippen LogP contribution in [-0.2, 0) is 13.0 Å². The van der Waals surface area contributed by atoms with Crippen molar-refractivity contribution in [2.45, 2.75) is 32.4 Å². The molecule has 0 N–H and O–H groups in total. The zero-order chi connectivity index (χ0) is 19.0. The SMILES string of the molecule is COc1ccc(C(=O)[C@@H](C)[n+]2cc(-c3ccc(Cl)cc3)n3c2CCC3)cc1. The van der Waals surface area contributed by atoms with Crippen molar-refractivity contribution >= 4 is 17.4 Å². The van der Waals surface area contributed by atoms with Crippen molar-refractivity contribution in [1.29, 1.82) is 0 Å². The standard InChI is InChI=1S/C22H22ClN2O2/c1-15(22(26)17-7-11-19(27-2)12-8-17)25-14-20(24-13-3-4-21(24)25)16-5-9-18(23)10-6-16/h5-12,14-15H,3-4,13H2,1-2H3/q+1/t15-/m1/s1. The van der Waals surface area contributed by atoms with Gasteiger partial charge in [0.25, 0.3) is 5.82 Å². The fraction of sp³-hybridized carbons (Fsp3) is 0.273. The summed E-state index contributed by atoms with van der Waals surface area (Å²) < 4.78 is 9.63. The smallest absolute Gasteiger partial charge is 0.257 e. The maximum Gasteiger partial charge on any atom is 0.257 e. The molecule has 3 aromatic rings. The van der Waals surface area contributed by atoms with E-state index in [2.05, 4.69) is 15.3 Å². The quantitative estimate of drug-likeness (QED) is 0.482. The van der Waals surface area contributed by atoms with Gasteiger partial charge in [-0.05, 0) is 61.9 Å².